The second kappa shape index (κ2) is 8.39. The van der Waals surface area contributed by atoms with Crippen molar-refractivity contribution in [3.8, 4) is 5.75 Å². The van der Waals surface area contributed by atoms with E-state index in [1.54, 1.807) is 6.07 Å². The molecule has 0 unspecified atom stereocenters. The lowest BCUT2D eigenvalue weighted by Crippen LogP contribution is -2.18. The van der Waals surface area contributed by atoms with Gasteiger partial charge in [0, 0.05) is 28.1 Å². The van der Waals surface area contributed by atoms with Gasteiger partial charge in [0.05, 0.1) is 19.0 Å². The van der Waals surface area contributed by atoms with Crippen molar-refractivity contribution in [1.29, 1.82) is 0 Å². The van der Waals surface area contributed by atoms with Gasteiger partial charge < -0.3 is 9.84 Å². The summed E-state index contributed by atoms with van der Waals surface area (Å²) in [7, 11) is 1.42. The summed E-state index contributed by atoms with van der Waals surface area (Å²) in [6.07, 6.45) is -6.73. The molecule has 2 aromatic carbocycles. The smallest absolute Gasteiger partial charge is 0.389 e. The molecule has 0 amide bonds. The van der Waals surface area contributed by atoms with Gasteiger partial charge in [0.1, 0.15) is 5.75 Å². The molecular weight excluding hydrogens is 423 g/mol. The molecule has 0 atom stereocenters. The van der Waals surface area contributed by atoms with E-state index in [0.29, 0.717) is 21.7 Å². The van der Waals surface area contributed by atoms with Crippen LogP contribution < -0.4 is 4.74 Å². The minimum atomic E-state index is -4.47. The summed E-state index contributed by atoms with van der Waals surface area (Å²) < 4.78 is 45.2. The minimum Gasteiger partial charge on any atom is -0.497 e. The van der Waals surface area contributed by atoms with Crippen molar-refractivity contribution in [2.24, 2.45) is 0 Å². The molecule has 1 N–H and O–H groups in total. The predicted molar refractivity (Wildman–Crippen MR) is 105 cm³/mol. The predicted octanol–water partition coefficient (Wildman–Crippen LogP) is 5.11. The van der Waals surface area contributed by atoms with Crippen LogP contribution in [0.25, 0.3) is 10.9 Å². The first-order valence-electron chi connectivity index (χ1n) is 8.89. The molecule has 3 rings (SSSR count). The maximum absolute atomic E-state index is 13.2. The molecular formula is C21H17ClF3NO4. The van der Waals surface area contributed by atoms with Crippen LogP contribution >= 0.6 is 11.6 Å². The molecule has 5 nitrogen and oxygen atoms in total. The van der Waals surface area contributed by atoms with E-state index in [-0.39, 0.29) is 16.8 Å². The Labute approximate surface area is 174 Å². The zero-order valence-electron chi connectivity index (χ0n) is 15.8. The number of carboxylic acid groups (broad SMARTS) is 1. The molecule has 9 heteroatoms. The van der Waals surface area contributed by atoms with Crippen LogP contribution in [0.1, 0.15) is 28.0 Å². The molecule has 30 heavy (non-hydrogen) atoms. The number of carbonyl (C=O) groups is 2. The molecule has 0 radical (unpaired) electrons. The largest absolute Gasteiger partial charge is 0.497 e. The molecule has 1 aromatic heterocycles. The van der Waals surface area contributed by atoms with Crippen molar-refractivity contribution in [2.75, 3.05) is 7.11 Å². The van der Waals surface area contributed by atoms with E-state index >= 15 is 0 Å². The van der Waals surface area contributed by atoms with Crippen LogP contribution in [0, 0.1) is 0 Å². The second-order valence-corrected chi connectivity index (χ2v) is 7.08. The fraction of sp³-hybridized carbons (Fsp3) is 0.238. The van der Waals surface area contributed by atoms with Crippen molar-refractivity contribution < 1.29 is 32.6 Å². The summed E-state index contributed by atoms with van der Waals surface area (Å²) in [4.78, 5) is 24.7. The van der Waals surface area contributed by atoms with Crippen LogP contribution in [0.15, 0.2) is 42.5 Å². The molecule has 0 aliphatic rings. The molecule has 0 bridgehead atoms. The highest BCUT2D eigenvalue weighted by Gasteiger charge is 2.30. The fourth-order valence-corrected chi connectivity index (χ4v) is 3.47. The van der Waals surface area contributed by atoms with Gasteiger partial charge in [0.25, 0.3) is 5.91 Å². The molecule has 158 valence electrons. The number of benzene rings is 2. The van der Waals surface area contributed by atoms with Crippen LogP contribution in [0.4, 0.5) is 13.2 Å². The van der Waals surface area contributed by atoms with Crippen LogP contribution in [0.2, 0.25) is 5.02 Å². The number of rotatable bonds is 6. The van der Waals surface area contributed by atoms with Crippen LogP contribution in [-0.4, -0.2) is 34.8 Å². The van der Waals surface area contributed by atoms with E-state index in [1.807, 2.05) is 0 Å². The van der Waals surface area contributed by atoms with Gasteiger partial charge >= 0.3 is 12.1 Å². The number of fused-ring (bicyclic) bond motifs is 1. The maximum atomic E-state index is 13.2. The van der Waals surface area contributed by atoms with E-state index in [1.165, 1.54) is 43.5 Å². The number of alkyl halides is 3. The molecule has 0 spiro atoms. The fourth-order valence-electron chi connectivity index (χ4n) is 3.34. The first-order chi connectivity index (χ1) is 14.1. The molecule has 3 aromatic rings. The van der Waals surface area contributed by atoms with Gasteiger partial charge in [-0.15, -0.1) is 0 Å². The Morgan fingerprint density at radius 2 is 1.80 bits per heavy atom. The summed E-state index contributed by atoms with van der Waals surface area (Å²) in [6.45, 7) is 0. The lowest BCUT2D eigenvalue weighted by Gasteiger charge is -2.12. The van der Waals surface area contributed by atoms with Gasteiger partial charge in [-0.1, -0.05) is 11.6 Å². The Hall–Kier alpha value is -3.00. The van der Waals surface area contributed by atoms with Crippen molar-refractivity contribution in [2.45, 2.75) is 25.4 Å². The lowest BCUT2D eigenvalue weighted by atomic mass is 10.0. The number of carbonyl (C=O) groups excluding carboxylic acids is 1. The van der Waals surface area contributed by atoms with E-state index in [2.05, 4.69) is 0 Å². The van der Waals surface area contributed by atoms with Gasteiger partial charge in [-0.05, 0) is 54.4 Å². The third-order valence-corrected chi connectivity index (χ3v) is 4.91. The molecule has 0 aliphatic carbocycles. The van der Waals surface area contributed by atoms with Gasteiger partial charge in [-0.2, -0.15) is 13.2 Å². The summed E-state index contributed by atoms with van der Waals surface area (Å²) in [5.74, 6) is -1.40. The third kappa shape index (κ3) is 4.59. The summed E-state index contributed by atoms with van der Waals surface area (Å²) in [5, 5.41) is 10.1. The van der Waals surface area contributed by atoms with E-state index in [9.17, 15) is 27.9 Å². The average molecular weight is 440 g/mol. The molecule has 0 aliphatic heterocycles. The first kappa shape index (κ1) is 21.7. The van der Waals surface area contributed by atoms with Crippen LogP contribution in [-0.2, 0) is 17.6 Å². The number of aromatic nitrogens is 1. The SMILES string of the molecule is COc1ccc2c(c1)c(CC(=O)O)c(CCC(F)(F)F)n2C(=O)c1ccc(Cl)cc1. The van der Waals surface area contributed by atoms with Crippen molar-refractivity contribution in [3.63, 3.8) is 0 Å². The highest BCUT2D eigenvalue weighted by molar-refractivity contribution is 6.30. The quantitative estimate of drug-likeness (QED) is 0.579. The topological polar surface area (TPSA) is 68.5 Å². The normalized spacial score (nSPS) is 11.6. The maximum Gasteiger partial charge on any atom is 0.389 e. The third-order valence-electron chi connectivity index (χ3n) is 4.66. The number of methoxy groups -OCH3 is 1. The van der Waals surface area contributed by atoms with Gasteiger partial charge in [0.2, 0.25) is 0 Å². The zero-order valence-corrected chi connectivity index (χ0v) is 16.5. The van der Waals surface area contributed by atoms with Gasteiger partial charge in [-0.25, -0.2) is 0 Å². The minimum absolute atomic E-state index is 0.0120. The number of hydrogen-bond acceptors (Lipinski definition) is 3. The Bertz CT molecular complexity index is 1100. The molecule has 0 fully saturated rings. The molecule has 1 heterocycles. The Morgan fingerprint density at radius 1 is 1.13 bits per heavy atom. The second-order valence-electron chi connectivity index (χ2n) is 6.64. The number of nitrogens with zero attached hydrogens (tertiary/aromatic N) is 1. The molecule has 0 saturated carbocycles. The molecule has 0 saturated heterocycles. The van der Waals surface area contributed by atoms with Crippen molar-refractivity contribution in [3.05, 3.63) is 64.3 Å². The zero-order chi connectivity index (χ0) is 22.1. The number of ether oxygens (including phenoxy) is 1. The first-order valence-corrected chi connectivity index (χ1v) is 9.27. The summed E-state index contributed by atoms with van der Waals surface area (Å²) >= 11 is 5.86. The van der Waals surface area contributed by atoms with E-state index in [4.69, 9.17) is 16.3 Å². The van der Waals surface area contributed by atoms with E-state index in [0.717, 1.165) is 4.57 Å². The highest BCUT2D eigenvalue weighted by atomic mass is 35.5. The summed E-state index contributed by atoms with van der Waals surface area (Å²) in [5.41, 5.74) is 0.687. The number of hydrogen-bond donors (Lipinski definition) is 1. The Balaban J connectivity index is 2.27. The van der Waals surface area contributed by atoms with Gasteiger partial charge in [-0.3, -0.25) is 14.2 Å². The number of aliphatic carboxylic acids is 1. The van der Waals surface area contributed by atoms with Gasteiger partial charge in [0.15, 0.2) is 0 Å². The van der Waals surface area contributed by atoms with Crippen LogP contribution in [0.5, 0.6) is 5.75 Å². The van der Waals surface area contributed by atoms with Crippen molar-refractivity contribution >= 4 is 34.4 Å². The monoisotopic (exact) mass is 439 g/mol. The van der Waals surface area contributed by atoms with Crippen LogP contribution in [0.3, 0.4) is 0 Å². The van der Waals surface area contributed by atoms with Crippen molar-refractivity contribution in [1.82, 2.24) is 4.57 Å². The number of carboxylic acids is 1. The lowest BCUT2D eigenvalue weighted by molar-refractivity contribution is -0.136. The highest BCUT2D eigenvalue weighted by Crippen LogP contribution is 2.33. The Kier molecular flexibility index (Phi) is 6.07. The summed E-state index contributed by atoms with van der Waals surface area (Å²) in [6, 6.07) is 10.5. The van der Waals surface area contributed by atoms with E-state index < -0.39 is 37.3 Å². The Morgan fingerprint density at radius 3 is 2.37 bits per heavy atom. The standard InChI is InChI=1S/C21H17ClF3NO4/c1-30-14-6-7-17-15(10-14)16(11-19(27)28)18(8-9-21(23,24)25)26(17)20(29)12-2-4-13(22)5-3-12/h2-7,10H,8-9,11H2,1H3,(H,27,28). The number of halogens is 4. The average Bonchev–Trinajstić information content (AvgIpc) is 2.98.